The molecule has 4 aromatic rings. The quantitative estimate of drug-likeness (QED) is 0.497. The highest BCUT2D eigenvalue weighted by molar-refractivity contribution is 5.99. The van der Waals surface area contributed by atoms with Gasteiger partial charge in [-0.25, -0.2) is 14.4 Å². The van der Waals surface area contributed by atoms with Crippen LogP contribution >= 0.6 is 0 Å². The normalized spacial score (nSPS) is 16.2. The lowest BCUT2D eigenvalue weighted by atomic mass is 9.99. The molecular formula is C25H25FN6O. The number of hydrogen-bond acceptors (Lipinski definition) is 5. The Bertz CT molecular complexity index is 1280. The number of nitrogens with zero attached hydrogens (tertiary/aromatic N) is 5. The molecule has 168 valence electrons. The first-order chi connectivity index (χ1) is 16.1. The number of benzene rings is 2. The van der Waals surface area contributed by atoms with Crippen LogP contribution in [0, 0.1) is 5.82 Å². The fourth-order valence-corrected chi connectivity index (χ4v) is 4.51. The SMILES string of the molecule is Cn1ncc(-c2ccc(F)cc2)c1C(=O)N1CCCC[C@H]1CNc1ncnc2ccccc12. The van der Waals surface area contributed by atoms with Crippen LogP contribution in [-0.2, 0) is 7.05 Å². The van der Waals surface area contributed by atoms with Gasteiger partial charge in [-0.1, -0.05) is 24.3 Å². The van der Waals surface area contributed by atoms with Gasteiger partial charge in [-0.2, -0.15) is 5.10 Å². The number of carbonyl (C=O) groups excluding carboxylic acids is 1. The average Bonchev–Trinajstić information content (AvgIpc) is 3.24. The topological polar surface area (TPSA) is 75.9 Å². The summed E-state index contributed by atoms with van der Waals surface area (Å²) < 4.78 is 15.0. The zero-order valence-electron chi connectivity index (χ0n) is 18.4. The van der Waals surface area contributed by atoms with E-state index >= 15 is 0 Å². The number of carbonyl (C=O) groups is 1. The molecule has 0 bridgehead atoms. The van der Waals surface area contributed by atoms with Crippen LogP contribution < -0.4 is 5.32 Å². The summed E-state index contributed by atoms with van der Waals surface area (Å²) >= 11 is 0. The van der Waals surface area contributed by atoms with Crippen LogP contribution in [-0.4, -0.2) is 49.7 Å². The van der Waals surface area contributed by atoms with Crippen LogP contribution in [0.25, 0.3) is 22.0 Å². The minimum Gasteiger partial charge on any atom is -0.367 e. The van der Waals surface area contributed by atoms with E-state index in [1.165, 1.54) is 12.1 Å². The van der Waals surface area contributed by atoms with Crippen LogP contribution in [0.15, 0.2) is 61.1 Å². The number of fused-ring (bicyclic) bond motifs is 1. The summed E-state index contributed by atoms with van der Waals surface area (Å²) in [6, 6.07) is 14.0. The first kappa shape index (κ1) is 21.1. The Hall–Kier alpha value is -3.81. The number of hydrogen-bond donors (Lipinski definition) is 1. The number of aromatic nitrogens is 4. The van der Waals surface area contributed by atoms with Gasteiger partial charge in [0, 0.05) is 37.1 Å². The molecule has 2 aromatic heterocycles. The molecule has 0 saturated carbocycles. The second-order valence-corrected chi connectivity index (χ2v) is 8.31. The molecule has 0 radical (unpaired) electrons. The van der Waals surface area contributed by atoms with Crippen molar-refractivity contribution >= 4 is 22.6 Å². The number of amides is 1. The summed E-state index contributed by atoms with van der Waals surface area (Å²) in [7, 11) is 1.77. The van der Waals surface area contributed by atoms with Crippen molar-refractivity contribution in [2.24, 2.45) is 7.05 Å². The van der Waals surface area contributed by atoms with Crippen molar-refractivity contribution in [1.82, 2.24) is 24.6 Å². The summed E-state index contributed by atoms with van der Waals surface area (Å²) in [4.78, 5) is 24.4. The molecule has 1 aliphatic rings. The number of aryl methyl sites for hydroxylation is 1. The molecule has 0 spiro atoms. The van der Waals surface area contributed by atoms with Crippen molar-refractivity contribution in [2.75, 3.05) is 18.4 Å². The predicted octanol–water partition coefficient (Wildman–Crippen LogP) is 4.28. The lowest BCUT2D eigenvalue weighted by molar-refractivity contribution is 0.0618. The molecule has 5 rings (SSSR count). The van der Waals surface area contributed by atoms with Gasteiger partial charge in [-0.3, -0.25) is 9.48 Å². The van der Waals surface area contributed by atoms with Crippen LogP contribution in [0.4, 0.5) is 10.2 Å². The van der Waals surface area contributed by atoms with E-state index in [1.54, 1.807) is 36.4 Å². The Labute approximate surface area is 191 Å². The summed E-state index contributed by atoms with van der Waals surface area (Å²) in [5, 5.41) is 8.73. The lowest BCUT2D eigenvalue weighted by Crippen LogP contribution is -2.47. The number of piperidine rings is 1. The van der Waals surface area contributed by atoms with E-state index in [9.17, 15) is 9.18 Å². The Balaban J connectivity index is 1.40. The number of likely N-dealkylation sites (tertiary alicyclic amines) is 1. The van der Waals surface area contributed by atoms with Gasteiger partial charge in [0.25, 0.3) is 5.91 Å². The molecule has 7 nitrogen and oxygen atoms in total. The van der Waals surface area contributed by atoms with E-state index in [-0.39, 0.29) is 17.8 Å². The predicted molar refractivity (Wildman–Crippen MR) is 125 cm³/mol. The molecule has 1 atom stereocenters. The van der Waals surface area contributed by atoms with Crippen molar-refractivity contribution in [3.63, 3.8) is 0 Å². The molecule has 2 aromatic carbocycles. The van der Waals surface area contributed by atoms with E-state index in [2.05, 4.69) is 20.4 Å². The van der Waals surface area contributed by atoms with Crippen molar-refractivity contribution in [3.8, 4) is 11.1 Å². The maximum absolute atomic E-state index is 13.7. The standard InChI is InChI=1S/C25H25FN6O/c1-31-23(21(15-30-31)17-9-11-18(26)12-10-17)25(33)32-13-5-4-6-19(32)14-27-24-20-7-2-3-8-22(20)28-16-29-24/h2-3,7-12,15-16,19H,4-6,13-14H2,1H3,(H,27,28,29)/t19-/m0/s1. The monoisotopic (exact) mass is 444 g/mol. The van der Waals surface area contributed by atoms with Gasteiger partial charge in [-0.05, 0) is 49.1 Å². The Morgan fingerprint density at radius 3 is 2.79 bits per heavy atom. The largest absolute Gasteiger partial charge is 0.367 e. The van der Waals surface area contributed by atoms with Gasteiger partial charge in [0.1, 0.15) is 23.7 Å². The molecule has 1 fully saturated rings. The van der Waals surface area contributed by atoms with E-state index in [1.807, 2.05) is 29.2 Å². The number of halogens is 1. The zero-order chi connectivity index (χ0) is 22.8. The lowest BCUT2D eigenvalue weighted by Gasteiger charge is -2.36. The first-order valence-corrected chi connectivity index (χ1v) is 11.1. The van der Waals surface area contributed by atoms with Crippen molar-refractivity contribution in [1.29, 1.82) is 0 Å². The van der Waals surface area contributed by atoms with Crippen molar-refractivity contribution in [2.45, 2.75) is 25.3 Å². The first-order valence-electron chi connectivity index (χ1n) is 11.1. The second kappa shape index (κ2) is 8.97. The van der Waals surface area contributed by atoms with Crippen LogP contribution in [0.5, 0.6) is 0 Å². The van der Waals surface area contributed by atoms with Crippen LogP contribution in [0.2, 0.25) is 0 Å². The fraction of sp³-hybridized carbons (Fsp3) is 0.280. The molecular weight excluding hydrogens is 419 g/mol. The molecule has 0 aliphatic carbocycles. The zero-order valence-corrected chi connectivity index (χ0v) is 18.4. The Morgan fingerprint density at radius 2 is 1.94 bits per heavy atom. The third-order valence-electron chi connectivity index (χ3n) is 6.23. The molecule has 0 unspecified atom stereocenters. The number of nitrogens with one attached hydrogen (secondary N) is 1. The van der Waals surface area contributed by atoms with E-state index in [0.717, 1.165) is 41.5 Å². The Kier molecular flexibility index (Phi) is 5.73. The molecule has 1 N–H and O–H groups in total. The molecule has 33 heavy (non-hydrogen) atoms. The minimum atomic E-state index is -0.310. The highest BCUT2D eigenvalue weighted by Gasteiger charge is 2.31. The van der Waals surface area contributed by atoms with Crippen molar-refractivity contribution in [3.05, 3.63) is 72.6 Å². The average molecular weight is 445 g/mol. The van der Waals surface area contributed by atoms with Gasteiger partial charge in [0.2, 0.25) is 0 Å². The maximum atomic E-state index is 13.7. The minimum absolute atomic E-state index is 0.0240. The number of anilines is 1. The van der Waals surface area contributed by atoms with Gasteiger partial charge < -0.3 is 10.2 Å². The summed E-state index contributed by atoms with van der Waals surface area (Å²) in [6.07, 6.45) is 6.16. The molecule has 1 amide bonds. The molecule has 8 heteroatoms. The van der Waals surface area contributed by atoms with Gasteiger partial charge in [0.05, 0.1) is 11.7 Å². The highest BCUT2D eigenvalue weighted by Crippen LogP contribution is 2.28. The van der Waals surface area contributed by atoms with Crippen LogP contribution in [0.3, 0.4) is 0 Å². The summed E-state index contributed by atoms with van der Waals surface area (Å²) in [5.41, 5.74) is 2.87. The van der Waals surface area contributed by atoms with E-state index < -0.39 is 0 Å². The van der Waals surface area contributed by atoms with Crippen molar-refractivity contribution < 1.29 is 9.18 Å². The molecule has 3 heterocycles. The number of para-hydroxylation sites is 1. The summed E-state index contributed by atoms with van der Waals surface area (Å²) in [6.45, 7) is 1.28. The van der Waals surface area contributed by atoms with E-state index in [0.29, 0.717) is 24.3 Å². The van der Waals surface area contributed by atoms with E-state index in [4.69, 9.17) is 0 Å². The smallest absolute Gasteiger partial charge is 0.273 e. The maximum Gasteiger partial charge on any atom is 0.273 e. The fourth-order valence-electron chi connectivity index (χ4n) is 4.51. The van der Waals surface area contributed by atoms with Gasteiger partial charge >= 0.3 is 0 Å². The highest BCUT2D eigenvalue weighted by atomic mass is 19.1. The summed E-state index contributed by atoms with van der Waals surface area (Å²) in [5.74, 6) is 0.398. The second-order valence-electron chi connectivity index (χ2n) is 8.31. The van der Waals surface area contributed by atoms with Gasteiger partial charge in [-0.15, -0.1) is 0 Å². The van der Waals surface area contributed by atoms with Crippen LogP contribution in [0.1, 0.15) is 29.8 Å². The Morgan fingerprint density at radius 1 is 1.12 bits per heavy atom. The third-order valence-corrected chi connectivity index (χ3v) is 6.23. The molecule has 1 saturated heterocycles. The number of rotatable bonds is 5. The molecule has 1 aliphatic heterocycles. The third kappa shape index (κ3) is 4.16. The van der Waals surface area contributed by atoms with Gasteiger partial charge in [0.15, 0.2) is 0 Å².